The maximum atomic E-state index is 14.0. The SMILES string of the molecule is CC(C)(C)OC(=O)N1CCN(C(=O)C2CCCN2Cc2ccccc2F)CC1. The van der Waals surface area contributed by atoms with E-state index in [0.29, 0.717) is 38.3 Å². The topological polar surface area (TPSA) is 53.1 Å². The summed E-state index contributed by atoms with van der Waals surface area (Å²) < 4.78 is 19.4. The third-order valence-corrected chi connectivity index (χ3v) is 5.22. The zero-order valence-electron chi connectivity index (χ0n) is 17.0. The molecule has 3 rings (SSSR count). The van der Waals surface area contributed by atoms with Crippen LogP contribution in [0.15, 0.2) is 24.3 Å². The first kappa shape index (κ1) is 20.6. The van der Waals surface area contributed by atoms with Crippen LogP contribution in [-0.4, -0.2) is 71.1 Å². The molecule has 2 aliphatic rings. The number of piperazine rings is 1. The lowest BCUT2D eigenvalue weighted by Gasteiger charge is -2.37. The number of likely N-dealkylation sites (tertiary alicyclic amines) is 1. The van der Waals surface area contributed by atoms with Gasteiger partial charge in [-0.25, -0.2) is 9.18 Å². The number of carbonyl (C=O) groups is 2. The van der Waals surface area contributed by atoms with E-state index in [-0.39, 0.29) is 23.9 Å². The van der Waals surface area contributed by atoms with Crippen LogP contribution in [-0.2, 0) is 16.1 Å². The summed E-state index contributed by atoms with van der Waals surface area (Å²) in [5, 5.41) is 0. The Kier molecular flexibility index (Phi) is 6.23. The van der Waals surface area contributed by atoms with E-state index in [9.17, 15) is 14.0 Å². The average molecular weight is 391 g/mol. The molecule has 1 aromatic carbocycles. The quantitative estimate of drug-likeness (QED) is 0.795. The molecule has 2 fully saturated rings. The minimum atomic E-state index is -0.527. The van der Waals surface area contributed by atoms with E-state index in [2.05, 4.69) is 4.90 Å². The molecule has 2 aliphatic heterocycles. The van der Waals surface area contributed by atoms with E-state index in [1.54, 1.807) is 17.0 Å². The number of hydrogen-bond donors (Lipinski definition) is 0. The van der Waals surface area contributed by atoms with Crippen molar-refractivity contribution >= 4 is 12.0 Å². The normalized spacial score (nSPS) is 21.1. The Balaban J connectivity index is 1.55. The Hall–Kier alpha value is -2.15. The Bertz CT molecular complexity index is 711. The zero-order chi connectivity index (χ0) is 20.3. The monoisotopic (exact) mass is 391 g/mol. The van der Waals surface area contributed by atoms with Crippen molar-refractivity contribution in [3.63, 3.8) is 0 Å². The Morgan fingerprint density at radius 2 is 1.71 bits per heavy atom. The molecular weight excluding hydrogens is 361 g/mol. The summed E-state index contributed by atoms with van der Waals surface area (Å²) in [6.45, 7) is 8.72. The Morgan fingerprint density at radius 1 is 1.07 bits per heavy atom. The second-order valence-electron chi connectivity index (χ2n) is 8.51. The van der Waals surface area contributed by atoms with E-state index in [1.807, 2.05) is 31.7 Å². The Morgan fingerprint density at radius 3 is 2.36 bits per heavy atom. The molecule has 2 amide bonds. The molecule has 1 unspecified atom stereocenters. The molecule has 7 heteroatoms. The molecule has 154 valence electrons. The Labute approximate surface area is 166 Å². The van der Waals surface area contributed by atoms with Crippen LogP contribution in [0, 0.1) is 5.82 Å². The van der Waals surface area contributed by atoms with E-state index < -0.39 is 5.60 Å². The molecule has 28 heavy (non-hydrogen) atoms. The van der Waals surface area contributed by atoms with Gasteiger partial charge in [0.2, 0.25) is 5.91 Å². The molecule has 0 N–H and O–H groups in total. The van der Waals surface area contributed by atoms with Gasteiger partial charge in [0.05, 0.1) is 6.04 Å². The molecule has 1 atom stereocenters. The largest absolute Gasteiger partial charge is 0.444 e. The van der Waals surface area contributed by atoms with Crippen LogP contribution in [0.2, 0.25) is 0 Å². The summed E-state index contributed by atoms with van der Waals surface area (Å²) in [6, 6.07) is 6.51. The number of carbonyl (C=O) groups excluding carboxylic acids is 2. The fourth-order valence-corrected chi connectivity index (χ4v) is 3.79. The van der Waals surface area contributed by atoms with Crippen LogP contribution in [0.1, 0.15) is 39.2 Å². The highest BCUT2D eigenvalue weighted by Gasteiger charge is 2.36. The van der Waals surface area contributed by atoms with Crippen molar-refractivity contribution in [3.8, 4) is 0 Å². The molecule has 1 aromatic rings. The van der Waals surface area contributed by atoms with Crippen LogP contribution in [0.3, 0.4) is 0 Å². The summed E-state index contributed by atoms with van der Waals surface area (Å²) in [4.78, 5) is 30.8. The number of halogens is 1. The van der Waals surface area contributed by atoms with Crippen molar-refractivity contribution in [3.05, 3.63) is 35.6 Å². The van der Waals surface area contributed by atoms with Crippen molar-refractivity contribution in [1.82, 2.24) is 14.7 Å². The van der Waals surface area contributed by atoms with Gasteiger partial charge in [-0.15, -0.1) is 0 Å². The fraction of sp³-hybridized carbons (Fsp3) is 0.619. The van der Waals surface area contributed by atoms with Gasteiger partial charge < -0.3 is 14.5 Å². The lowest BCUT2D eigenvalue weighted by Crippen LogP contribution is -2.55. The smallest absolute Gasteiger partial charge is 0.410 e. The molecule has 0 bridgehead atoms. The summed E-state index contributed by atoms with van der Waals surface area (Å²) in [5.74, 6) is -0.149. The molecule has 0 spiro atoms. The van der Waals surface area contributed by atoms with Gasteiger partial charge in [-0.3, -0.25) is 9.69 Å². The van der Waals surface area contributed by atoms with Crippen LogP contribution < -0.4 is 0 Å². The van der Waals surface area contributed by atoms with Gasteiger partial charge in [-0.05, 0) is 46.2 Å². The summed E-state index contributed by atoms with van der Waals surface area (Å²) >= 11 is 0. The number of hydrogen-bond acceptors (Lipinski definition) is 4. The van der Waals surface area contributed by atoms with Crippen LogP contribution in [0.4, 0.5) is 9.18 Å². The molecule has 6 nitrogen and oxygen atoms in total. The van der Waals surface area contributed by atoms with Crippen molar-refractivity contribution in [2.45, 2.75) is 51.8 Å². The van der Waals surface area contributed by atoms with Crippen molar-refractivity contribution < 1.29 is 18.7 Å². The van der Waals surface area contributed by atoms with Crippen molar-refractivity contribution in [1.29, 1.82) is 0 Å². The lowest BCUT2D eigenvalue weighted by molar-refractivity contribution is -0.138. The predicted octanol–water partition coefficient (Wildman–Crippen LogP) is 2.87. The van der Waals surface area contributed by atoms with E-state index in [4.69, 9.17) is 4.74 Å². The average Bonchev–Trinajstić information content (AvgIpc) is 3.10. The van der Waals surface area contributed by atoms with Crippen LogP contribution >= 0.6 is 0 Å². The third-order valence-electron chi connectivity index (χ3n) is 5.22. The minimum Gasteiger partial charge on any atom is -0.444 e. The number of rotatable bonds is 3. The molecule has 0 radical (unpaired) electrons. The standard InChI is InChI=1S/C21H30FN3O3/c1-21(2,3)28-20(27)24-13-11-23(12-14-24)19(26)18-9-6-10-25(18)15-16-7-4-5-8-17(16)22/h4-5,7-8,18H,6,9-15H2,1-3H3. The van der Waals surface area contributed by atoms with Gasteiger partial charge in [-0.2, -0.15) is 0 Å². The summed E-state index contributed by atoms with van der Waals surface area (Å²) in [7, 11) is 0. The highest BCUT2D eigenvalue weighted by Crippen LogP contribution is 2.23. The van der Waals surface area contributed by atoms with E-state index in [0.717, 1.165) is 19.4 Å². The number of ether oxygens (including phenoxy) is 1. The van der Waals surface area contributed by atoms with Crippen LogP contribution in [0.25, 0.3) is 0 Å². The van der Waals surface area contributed by atoms with Gasteiger partial charge in [0, 0.05) is 38.3 Å². The molecular formula is C21H30FN3O3. The van der Waals surface area contributed by atoms with E-state index >= 15 is 0 Å². The van der Waals surface area contributed by atoms with Crippen molar-refractivity contribution in [2.75, 3.05) is 32.7 Å². The number of nitrogens with zero attached hydrogens (tertiary/aromatic N) is 3. The van der Waals surface area contributed by atoms with Gasteiger partial charge in [0.15, 0.2) is 0 Å². The number of amides is 2. The molecule has 0 saturated carbocycles. The second kappa shape index (κ2) is 8.47. The third kappa shape index (κ3) is 5.01. The predicted molar refractivity (Wildman–Crippen MR) is 104 cm³/mol. The van der Waals surface area contributed by atoms with Gasteiger partial charge in [-0.1, -0.05) is 18.2 Å². The number of benzene rings is 1. The first-order valence-corrected chi connectivity index (χ1v) is 9.99. The van der Waals surface area contributed by atoms with Gasteiger partial charge >= 0.3 is 6.09 Å². The maximum absolute atomic E-state index is 14.0. The summed E-state index contributed by atoms with van der Waals surface area (Å²) in [6.07, 6.45) is 1.39. The zero-order valence-corrected chi connectivity index (χ0v) is 17.0. The molecule has 2 saturated heterocycles. The highest BCUT2D eigenvalue weighted by atomic mass is 19.1. The molecule has 0 aliphatic carbocycles. The maximum Gasteiger partial charge on any atom is 0.410 e. The fourth-order valence-electron chi connectivity index (χ4n) is 3.79. The lowest BCUT2D eigenvalue weighted by atomic mass is 10.1. The minimum absolute atomic E-state index is 0.0812. The summed E-state index contributed by atoms with van der Waals surface area (Å²) in [5.41, 5.74) is 0.0955. The van der Waals surface area contributed by atoms with Crippen LogP contribution in [0.5, 0.6) is 0 Å². The van der Waals surface area contributed by atoms with Gasteiger partial charge in [0.1, 0.15) is 11.4 Å². The van der Waals surface area contributed by atoms with Gasteiger partial charge in [0.25, 0.3) is 0 Å². The molecule has 2 heterocycles. The second-order valence-corrected chi connectivity index (χ2v) is 8.51. The van der Waals surface area contributed by atoms with Crippen molar-refractivity contribution in [2.24, 2.45) is 0 Å². The van der Waals surface area contributed by atoms with E-state index in [1.165, 1.54) is 6.07 Å². The molecule has 0 aromatic heterocycles. The first-order chi connectivity index (χ1) is 13.2. The first-order valence-electron chi connectivity index (χ1n) is 9.99. The highest BCUT2D eigenvalue weighted by molar-refractivity contribution is 5.82.